The molecule has 0 bridgehead atoms. The van der Waals surface area contributed by atoms with Crippen LogP contribution < -0.4 is 11.1 Å². The Kier molecular flexibility index (Phi) is 3.43. The number of carbonyl (C=O) groups is 1. The second-order valence-electron chi connectivity index (χ2n) is 3.67. The van der Waals surface area contributed by atoms with Crippen molar-refractivity contribution in [1.29, 1.82) is 0 Å². The summed E-state index contributed by atoms with van der Waals surface area (Å²) in [4.78, 5) is 14.6. The van der Waals surface area contributed by atoms with Gasteiger partial charge in [-0.3, -0.25) is 9.79 Å². The summed E-state index contributed by atoms with van der Waals surface area (Å²) in [6, 6.07) is 7.49. The number of rotatable bonds is 3. The van der Waals surface area contributed by atoms with Crippen LogP contribution in [0.1, 0.15) is 5.56 Å². The number of aldehydes is 1. The van der Waals surface area contributed by atoms with Crippen molar-refractivity contribution in [3.05, 3.63) is 41.8 Å². The first-order valence-electron chi connectivity index (χ1n) is 5.36. The van der Waals surface area contributed by atoms with Crippen LogP contribution in [0.3, 0.4) is 0 Å². The summed E-state index contributed by atoms with van der Waals surface area (Å²) < 4.78 is 5.24. The molecule has 0 atom stereocenters. The van der Waals surface area contributed by atoms with Gasteiger partial charge in [-0.2, -0.15) is 0 Å². The van der Waals surface area contributed by atoms with Gasteiger partial charge in [0.2, 0.25) is 0 Å². The number of hydrogen-bond acceptors (Lipinski definition) is 3. The maximum Gasteiger partial charge on any atom is 0.192 e. The Morgan fingerprint density at radius 1 is 1.44 bits per heavy atom. The van der Waals surface area contributed by atoms with E-state index < -0.39 is 0 Å². The lowest BCUT2D eigenvalue weighted by Gasteiger charge is -2.03. The molecule has 0 amide bonds. The number of nitrogens with one attached hydrogen (secondary N) is 1. The third-order valence-corrected chi connectivity index (χ3v) is 2.44. The molecule has 3 N–H and O–H groups in total. The normalized spacial score (nSPS) is 12.7. The van der Waals surface area contributed by atoms with Crippen LogP contribution >= 0.6 is 0 Å². The number of nitrogens with two attached hydrogens (primary N) is 1. The van der Waals surface area contributed by atoms with Crippen molar-refractivity contribution in [1.82, 2.24) is 5.32 Å². The molecule has 0 spiro atoms. The van der Waals surface area contributed by atoms with E-state index in [1.54, 1.807) is 19.4 Å². The van der Waals surface area contributed by atoms with Crippen molar-refractivity contribution in [2.75, 3.05) is 7.05 Å². The van der Waals surface area contributed by atoms with E-state index in [1.165, 1.54) is 0 Å². The predicted octanol–water partition coefficient (Wildman–Crippen LogP) is 1.51. The highest BCUT2D eigenvalue weighted by molar-refractivity contribution is 5.91. The van der Waals surface area contributed by atoms with Gasteiger partial charge in [0.1, 0.15) is 5.58 Å². The summed E-state index contributed by atoms with van der Waals surface area (Å²) in [7, 11) is 1.54. The lowest BCUT2D eigenvalue weighted by Crippen LogP contribution is -2.31. The molecule has 92 valence electrons. The molecule has 2 aromatic rings. The zero-order valence-corrected chi connectivity index (χ0v) is 9.88. The molecule has 0 saturated heterocycles. The summed E-state index contributed by atoms with van der Waals surface area (Å²) >= 11 is 0. The lowest BCUT2D eigenvalue weighted by molar-refractivity contribution is -0.105. The highest BCUT2D eigenvalue weighted by atomic mass is 16.3. The van der Waals surface area contributed by atoms with Crippen LogP contribution in [0.15, 0.2) is 45.6 Å². The fourth-order valence-electron chi connectivity index (χ4n) is 1.56. The van der Waals surface area contributed by atoms with E-state index in [2.05, 4.69) is 10.3 Å². The summed E-state index contributed by atoms with van der Waals surface area (Å²) in [5, 5.41) is 3.68. The quantitative estimate of drug-likeness (QED) is 0.370. The molecule has 18 heavy (non-hydrogen) atoms. The second kappa shape index (κ2) is 5.18. The number of furan rings is 1. The minimum atomic E-state index is 0.192. The zero-order chi connectivity index (χ0) is 13.0. The van der Waals surface area contributed by atoms with E-state index in [9.17, 15) is 4.79 Å². The molecule has 5 heteroatoms. The van der Waals surface area contributed by atoms with Crippen molar-refractivity contribution < 1.29 is 9.21 Å². The van der Waals surface area contributed by atoms with Crippen molar-refractivity contribution >= 4 is 29.3 Å². The fourth-order valence-corrected chi connectivity index (χ4v) is 1.56. The van der Waals surface area contributed by atoms with Crippen molar-refractivity contribution in [2.45, 2.75) is 0 Å². The van der Waals surface area contributed by atoms with Gasteiger partial charge in [0.05, 0.1) is 12.0 Å². The summed E-state index contributed by atoms with van der Waals surface area (Å²) in [5.74, 6) is 0.192. The third-order valence-electron chi connectivity index (χ3n) is 2.44. The lowest BCUT2D eigenvalue weighted by atomic mass is 10.1. The number of fused-ring (bicyclic) bond motifs is 1. The van der Waals surface area contributed by atoms with Crippen LogP contribution in [-0.4, -0.2) is 19.3 Å². The Labute approximate surface area is 104 Å². The SMILES string of the molecule is CN=C(N)N/C(C=O)=C\c1ccc2occc2c1. The molecule has 0 saturated carbocycles. The van der Waals surface area contributed by atoms with E-state index in [1.807, 2.05) is 24.3 Å². The van der Waals surface area contributed by atoms with E-state index in [0.717, 1.165) is 16.5 Å². The minimum absolute atomic E-state index is 0.192. The van der Waals surface area contributed by atoms with Gasteiger partial charge in [-0.1, -0.05) is 6.07 Å². The topological polar surface area (TPSA) is 80.6 Å². The first-order valence-corrected chi connectivity index (χ1v) is 5.36. The van der Waals surface area contributed by atoms with E-state index in [-0.39, 0.29) is 5.96 Å². The van der Waals surface area contributed by atoms with Crippen LogP contribution in [0.25, 0.3) is 17.0 Å². The fraction of sp³-hybridized carbons (Fsp3) is 0.0769. The molecule has 0 aliphatic carbocycles. The van der Waals surface area contributed by atoms with E-state index in [0.29, 0.717) is 12.0 Å². The Hall–Kier alpha value is -2.56. The minimum Gasteiger partial charge on any atom is -0.464 e. The number of nitrogens with zero attached hydrogens (tertiary/aromatic N) is 1. The molecular weight excluding hydrogens is 230 g/mol. The molecule has 0 aliphatic rings. The van der Waals surface area contributed by atoms with Gasteiger partial charge in [0.15, 0.2) is 12.2 Å². The molecule has 1 heterocycles. The largest absolute Gasteiger partial charge is 0.464 e. The van der Waals surface area contributed by atoms with Crippen molar-refractivity contribution in [2.24, 2.45) is 10.7 Å². The second-order valence-corrected chi connectivity index (χ2v) is 3.67. The van der Waals surface area contributed by atoms with Crippen LogP contribution in [-0.2, 0) is 4.79 Å². The third kappa shape index (κ3) is 2.57. The van der Waals surface area contributed by atoms with Gasteiger partial charge in [0, 0.05) is 12.4 Å². The van der Waals surface area contributed by atoms with Gasteiger partial charge in [0.25, 0.3) is 0 Å². The molecule has 1 aromatic carbocycles. The molecule has 1 aromatic heterocycles. The molecule has 0 aliphatic heterocycles. The maximum atomic E-state index is 10.9. The Morgan fingerprint density at radius 3 is 3.00 bits per heavy atom. The van der Waals surface area contributed by atoms with Gasteiger partial charge in [-0.15, -0.1) is 0 Å². The first-order chi connectivity index (χ1) is 8.72. The van der Waals surface area contributed by atoms with Crippen LogP contribution in [0.4, 0.5) is 0 Å². The van der Waals surface area contributed by atoms with Gasteiger partial charge >= 0.3 is 0 Å². The number of allylic oxidation sites excluding steroid dienone is 1. The molecule has 0 unspecified atom stereocenters. The molecule has 5 nitrogen and oxygen atoms in total. The summed E-state index contributed by atoms with van der Waals surface area (Å²) in [6.45, 7) is 0. The Bertz CT molecular complexity index is 626. The van der Waals surface area contributed by atoms with Crippen LogP contribution in [0, 0.1) is 0 Å². The number of carbonyl (C=O) groups excluding carboxylic acids is 1. The number of aliphatic imine (C=N–C) groups is 1. The monoisotopic (exact) mass is 243 g/mol. The molecule has 0 radical (unpaired) electrons. The smallest absolute Gasteiger partial charge is 0.192 e. The van der Waals surface area contributed by atoms with Gasteiger partial charge < -0.3 is 15.5 Å². The van der Waals surface area contributed by atoms with Gasteiger partial charge in [-0.05, 0) is 29.8 Å². The van der Waals surface area contributed by atoms with Gasteiger partial charge in [-0.25, -0.2) is 0 Å². The van der Waals surface area contributed by atoms with E-state index >= 15 is 0 Å². The predicted molar refractivity (Wildman–Crippen MR) is 70.9 cm³/mol. The first kappa shape index (κ1) is 11.9. The van der Waals surface area contributed by atoms with Crippen molar-refractivity contribution in [3.63, 3.8) is 0 Å². The van der Waals surface area contributed by atoms with Crippen LogP contribution in [0.5, 0.6) is 0 Å². The highest BCUT2D eigenvalue weighted by Crippen LogP contribution is 2.18. The van der Waals surface area contributed by atoms with Crippen LogP contribution in [0.2, 0.25) is 0 Å². The average Bonchev–Trinajstić information content (AvgIpc) is 2.85. The maximum absolute atomic E-state index is 10.9. The summed E-state index contributed by atoms with van der Waals surface area (Å²) in [6.07, 6.45) is 4.01. The van der Waals surface area contributed by atoms with Crippen molar-refractivity contribution in [3.8, 4) is 0 Å². The number of hydrogen-bond donors (Lipinski definition) is 2. The molecule has 0 fully saturated rings. The number of guanidine groups is 1. The molecular formula is C13H13N3O2. The molecule has 2 rings (SSSR count). The number of benzene rings is 1. The van der Waals surface area contributed by atoms with E-state index in [4.69, 9.17) is 10.2 Å². The Morgan fingerprint density at radius 2 is 2.28 bits per heavy atom. The summed E-state index contributed by atoms with van der Waals surface area (Å²) in [5.41, 5.74) is 7.53. The zero-order valence-electron chi connectivity index (χ0n) is 9.88. The highest BCUT2D eigenvalue weighted by Gasteiger charge is 2.00. The average molecular weight is 243 g/mol. The Balaban J connectivity index is 2.31. The standard InChI is InChI=1S/C13H13N3O2/c1-15-13(14)16-11(8-17)7-9-2-3-12-10(6-9)4-5-18-12/h2-8H,1H3,(H3,14,15,16)/b11-7-.